The number of nitrogens with one attached hydrogen (secondary N) is 1. The lowest BCUT2D eigenvalue weighted by molar-refractivity contribution is 0.193. The van der Waals surface area contributed by atoms with E-state index in [4.69, 9.17) is 9.84 Å². The van der Waals surface area contributed by atoms with E-state index in [1.165, 1.54) is 0 Å². The molecule has 0 aliphatic heterocycles. The maximum Gasteiger partial charge on any atom is 0.404 e. The van der Waals surface area contributed by atoms with E-state index in [0.29, 0.717) is 19.6 Å². The van der Waals surface area contributed by atoms with Gasteiger partial charge in [-0.3, -0.25) is 0 Å². The van der Waals surface area contributed by atoms with E-state index in [9.17, 15) is 4.79 Å². The number of hydrogen-bond acceptors (Lipinski definition) is 2. The molecular formula is C10H13NO3. The maximum absolute atomic E-state index is 10.1. The first-order chi connectivity index (χ1) is 6.79. The molecule has 0 aliphatic carbocycles. The Labute approximate surface area is 82.5 Å². The lowest BCUT2D eigenvalue weighted by atomic mass is 10.3. The molecule has 4 heteroatoms. The molecule has 14 heavy (non-hydrogen) atoms. The van der Waals surface area contributed by atoms with Crippen molar-refractivity contribution in [3.8, 4) is 5.75 Å². The van der Waals surface area contributed by atoms with Gasteiger partial charge in [0.05, 0.1) is 6.61 Å². The standard InChI is InChI=1S/C10H13NO3/c12-10(13)11-7-4-8-14-9-5-2-1-3-6-9/h1-3,5-6,11H,4,7-8H2,(H,12,13). The van der Waals surface area contributed by atoms with Gasteiger partial charge in [0.1, 0.15) is 5.75 Å². The average molecular weight is 195 g/mol. The Morgan fingerprint density at radius 3 is 2.71 bits per heavy atom. The average Bonchev–Trinajstić information content (AvgIpc) is 2.18. The van der Waals surface area contributed by atoms with Crippen molar-refractivity contribution in [3.05, 3.63) is 30.3 Å². The van der Waals surface area contributed by atoms with Crippen molar-refractivity contribution in [1.82, 2.24) is 5.32 Å². The van der Waals surface area contributed by atoms with Crippen molar-refractivity contribution in [2.45, 2.75) is 6.42 Å². The van der Waals surface area contributed by atoms with Gasteiger partial charge in [-0.1, -0.05) is 18.2 Å². The van der Waals surface area contributed by atoms with Gasteiger partial charge in [-0.15, -0.1) is 0 Å². The number of rotatable bonds is 5. The molecule has 0 saturated heterocycles. The Morgan fingerprint density at radius 1 is 1.36 bits per heavy atom. The number of amides is 1. The fourth-order valence-corrected chi connectivity index (χ4v) is 0.974. The topological polar surface area (TPSA) is 58.6 Å². The smallest absolute Gasteiger partial charge is 0.404 e. The van der Waals surface area contributed by atoms with Crippen LogP contribution in [0, 0.1) is 0 Å². The summed E-state index contributed by atoms with van der Waals surface area (Å²) in [6, 6.07) is 9.43. The molecule has 1 aromatic rings. The summed E-state index contributed by atoms with van der Waals surface area (Å²) in [5.74, 6) is 0.808. The highest BCUT2D eigenvalue weighted by Crippen LogP contribution is 2.07. The SMILES string of the molecule is O=C(O)NCCCOc1ccccc1. The highest BCUT2D eigenvalue weighted by atomic mass is 16.5. The van der Waals surface area contributed by atoms with Gasteiger partial charge in [0.15, 0.2) is 0 Å². The normalized spacial score (nSPS) is 9.43. The number of carboxylic acid groups (broad SMARTS) is 1. The van der Waals surface area contributed by atoms with E-state index in [0.717, 1.165) is 5.75 Å². The second-order valence-electron chi connectivity index (χ2n) is 2.75. The third kappa shape index (κ3) is 4.35. The van der Waals surface area contributed by atoms with Gasteiger partial charge < -0.3 is 15.2 Å². The Kier molecular flexibility index (Phi) is 4.34. The van der Waals surface area contributed by atoms with Crippen LogP contribution in [0.1, 0.15) is 6.42 Å². The molecule has 0 aromatic heterocycles. The van der Waals surface area contributed by atoms with Crippen molar-refractivity contribution in [2.24, 2.45) is 0 Å². The van der Waals surface area contributed by atoms with Crippen molar-refractivity contribution < 1.29 is 14.6 Å². The molecule has 0 heterocycles. The van der Waals surface area contributed by atoms with Crippen LogP contribution in [-0.4, -0.2) is 24.4 Å². The zero-order chi connectivity index (χ0) is 10.2. The minimum absolute atomic E-state index is 0.419. The minimum atomic E-state index is -0.996. The number of ether oxygens (including phenoxy) is 1. The lowest BCUT2D eigenvalue weighted by Crippen LogP contribution is -2.23. The maximum atomic E-state index is 10.1. The predicted molar refractivity (Wildman–Crippen MR) is 52.6 cm³/mol. The van der Waals surface area contributed by atoms with Gasteiger partial charge in [0.25, 0.3) is 0 Å². The second-order valence-corrected chi connectivity index (χ2v) is 2.75. The summed E-state index contributed by atoms with van der Waals surface area (Å²) in [6.07, 6.45) is -0.328. The Bertz CT molecular complexity index is 274. The number of benzene rings is 1. The van der Waals surface area contributed by atoms with Crippen LogP contribution in [0.15, 0.2) is 30.3 Å². The van der Waals surface area contributed by atoms with Crippen LogP contribution < -0.4 is 10.1 Å². The third-order valence-electron chi connectivity index (χ3n) is 1.61. The summed E-state index contributed by atoms with van der Waals surface area (Å²) in [7, 11) is 0. The van der Waals surface area contributed by atoms with Crippen LogP contribution >= 0.6 is 0 Å². The lowest BCUT2D eigenvalue weighted by Gasteiger charge is -2.05. The molecule has 4 nitrogen and oxygen atoms in total. The minimum Gasteiger partial charge on any atom is -0.494 e. The largest absolute Gasteiger partial charge is 0.494 e. The van der Waals surface area contributed by atoms with E-state index in [1.54, 1.807) is 0 Å². The Balaban J connectivity index is 2.08. The summed E-state index contributed by atoms with van der Waals surface area (Å²) >= 11 is 0. The van der Waals surface area contributed by atoms with Gasteiger partial charge >= 0.3 is 6.09 Å². The van der Waals surface area contributed by atoms with Gasteiger partial charge in [-0.2, -0.15) is 0 Å². The zero-order valence-electron chi connectivity index (χ0n) is 7.77. The summed E-state index contributed by atoms with van der Waals surface area (Å²) in [6.45, 7) is 0.937. The molecule has 76 valence electrons. The van der Waals surface area contributed by atoms with E-state index < -0.39 is 6.09 Å². The summed E-state index contributed by atoms with van der Waals surface area (Å²) in [5, 5.41) is 10.5. The second kappa shape index (κ2) is 5.85. The molecule has 1 amide bonds. The third-order valence-corrected chi connectivity index (χ3v) is 1.61. The summed E-state index contributed by atoms with van der Waals surface area (Å²) in [5.41, 5.74) is 0. The predicted octanol–water partition coefficient (Wildman–Crippen LogP) is 1.72. The Hall–Kier alpha value is -1.71. The fraction of sp³-hybridized carbons (Fsp3) is 0.300. The van der Waals surface area contributed by atoms with E-state index in [2.05, 4.69) is 5.32 Å². The molecular weight excluding hydrogens is 182 g/mol. The first-order valence-corrected chi connectivity index (χ1v) is 4.43. The van der Waals surface area contributed by atoms with Crippen LogP contribution in [0.3, 0.4) is 0 Å². The molecule has 2 N–H and O–H groups in total. The van der Waals surface area contributed by atoms with E-state index in [1.807, 2.05) is 30.3 Å². The van der Waals surface area contributed by atoms with Gasteiger partial charge in [0, 0.05) is 6.54 Å². The van der Waals surface area contributed by atoms with Gasteiger partial charge in [-0.25, -0.2) is 4.79 Å². The molecule has 0 spiro atoms. The summed E-state index contributed by atoms with van der Waals surface area (Å²) < 4.78 is 5.35. The number of para-hydroxylation sites is 1. The number of hydrogen-bond donors (Lipinski definition) is 2. The molecule has 0 unspecified atom stereocenters. The molecule has 0 fully saturated rings. The van der Waals surface area contributed by atoms with Gasteiger partial charge in [-0.05, 0) is 18.6 Å². The first-order valence-electron chi connectivity index (χ1n) is 4.43. The van der Waals surface area contributed by atoms with Crippen LogP contribution in [0.25, 0.3) is 0 Å². The molecule has 0 saturated carbocycles. The molecule has 0 aliphatic rings. The van der Waals surface area contributed by atoms with E-state index in [-0.39, 0.29) is 0 Å². The zero-order valence-corrected chi connectivity index (χ0v) is 7.77. The van der Waals surface area contributed by atoms with E-state index >= 15 is 0 Å². The quantitative estimate of drug-likeness (QED) is 0.703. The molecule has 0 radical (unpaired) electrons. The van der Waals surface area contributed by atoms with Crippen LogP contribution in [-0.2, 0) is 0 Å². The van der Waals surface area contributed by atoms with Crippen LogP contribution in [0.2, 0.25) is 0 Å². The van der Waals surface area contributed by atoms with Crippen molar-refractivity contribution in [3.63, 3.8) is 0 Å². The van der Waals surface area contributed by atoms with Crippen LogP contribution in [0.5, 0.6) is 5.75 Å². The molecule has 0 atom stereocenters. The highest BCUT2D eigenvalue weighted by Gasteiger charge is 1.94. The van der Waals surface area contributed by atoms with Crippen molar-refractivity contribution >= 4 is 6.09 Å². The highest BCUT2D eigenvalue weighted by molar-refractivity contribution is 5.64. The van der Waals surface area contributed by atoms with Crippen LogP contribution in [0.4, 0.5) is 4.79 Å². The molecule has 0 bridgehead atoms. The first kappa shape index (κ1) is 10.4. The molecule has 1 rings (SSSR count). The fourth-order valence-electron chi connectivity index (χ4n) is 0.974. The van der Waals surface area contributed by atoms with Gasteiger partial charge in [0.2, 0.25) is 0 Å². The monoisotopic (exact) mass is 195 g/mol. The Morgan fingerprint density at radius 2 is 2.07 bits per heavy atom. The number of carbonyl (C=O) groups is 1. The summed E-state index contributed by atoms with van der Waals surface area (Å²) in [4.78, 5) is 10.1. The molecule has 1 aromatic carbocycles. The van der Waals surface area contributed by atoms with Crippen molar-refractivity contribution in [2.75, 3.05) is 13.2 Å². The van der Waals surface area contributed by atoms with Crippen molar-refractivity contribution in [1.29, 1.82) is 0 Å².